The van der Waals surface area contributed by atoms with Crippen LogP contribution in [0.25, 0.3) is 44.5 Å². The van der Waals surface area contributed by atoms with E-state index in [9.17, 15) is 0 Å². The Morgan fingerprint density at radius 3 is 0.919 bits per heavy atom. The summed E-state index contributed by atoms with van der Waals surface area (Å²) in [6, 6.07) is 70.1. The maximum absolute atomic E-state index is 2.70. The fourth-order valence-electron chi connectivity index (χ4n) is 13.5. The van der Waals surface area contributed by atoms with E-state index in [1.165, 1.54) is 134 Å². The number of hydrogen-bond donors (Lipinski definition) is 0. The van der Waals surface area contributed by atoms with Crippen LogP contribution >= 0.6 is 0 Å². The lowest BCUT2D eigenvalue weighted by atomic mass is 9.31. The molecule has 0 aromatic heterocycles. The van der Waals surface area contributed by atoms with Crippen LogP contribution in [0.4, 0.5) is 34.1 Å². The molecule has 4 heteroatoms. The van der Waals surface area contributed by atoms with E-state index >= 15 is 0 Å². The summed E-state index contributed by atoms with van der Waals surface area (Å²) in [5, 5.41) is 0. The number of fused-ring (bicyclic) bond motifs is 10. The summed E-state index contributed by atoms with van der Waals surface area (Å²) >= 11 is 0. The van der Waals surface area contributed by atoms with E-state index in [1.54, 1.807) is 0 Å². The van der Waals surface area contributed by atoms with E-state index in [2.05, 4.69) is 275 Å². The van der Waals surface area contributed by atoms with Gasteiger partial charge in [0.1, 0.15) is 0 Å². The molecule has 2 nitrogen and oxygen atoms in total. The summed E-state index contributed by atoms with van der Waals surface area (Å²) in [6.07, 6.45) is 0. The van der Waals surface area contributed by atoms with E-state index in [0.717, 1.165) is 0 Å². The van der Waals surface area contributed by atoms with Crippen LogP contribution in [0, 0.1) is 0 Å². The summed E-state index contributed by atoms with van der Waals surface area (Å²) in [5.41, 5.74) is 31.5. The first kappa shape index (κ1) is 46.5. The van der Waals surface area contributed by atoms with E-state index in [0.29, 0.717) is 0 Å². The zero-order valence-electron chi connectivity index (χ0n) is 45.4. The van der Waals surface area contributed by atoms with Crippen molar-refractivity contribution in [3.8, 4) is 44.5 Å². The quantitative estimate of drug-likeness (QED) is 0.162. The molecule has 4 aliphatic rings. The number of nitrogens with zero attached hydrogens (tertiary/aromatic N) is 2. The zero-order chi connectivity index (χ0) is 51.4. The molecule has 0 saturated heterocycles. The predicted octanol–water partition coefficient (Wildman–Crippen LogP) is 14.8. The molecule has 0 amide bonds. The van der Waals surface area contributed by atoms with Crippen molar-refractivity contribution in [3.63, 3.8) is 0 Å². The van der Waals surface area contributed by atoms with Crippen LogP contribution in [-0.2, 0) is 21.7 Å². The van der Waals surface area contributed by atoms with Crippen LogP contribution in [0.5, 0.6) is 0 Å². The Balaban J connectivity index is 1.13. The van der Waals surface area contributed by atoms with Crippen molar-refractivity contribution in [3.05, 3.63) is 204 Å². The van der Waals surface area contributed by atoms with E-state index in [1.807, 2.05) is 0 Å². The lowest BCUT2D eigenvalue weighted by molar-refractivity contribution is 0.584. The highest BCUT2D eigenvalue weighted by molar-refractivity contribution is 7.04. The standard InChI is InChI=1S/C70H66B2N2/c1-67(2,3)47-35-27-43(28-36-47)45-31-39-49(40-32-45)73-57-25-17-21-53-51-19-13-15-23-55(51)71(61(53)57)63-60(70(10,11)12)66-64(59(65(63)73)69(7,8)9)72-56-24-16-14-20-52(56)54-22-18-26-58(62(54)72)74(66)50-41-33-46(34-42-50)44-29-37-48(38-30-44)68(4,5)6/h13-42H,1-12H3. The fraction of sp³-hybridized carbons (Fsp3) is 0.229. The Morgan fingerprint density at radius 2 is 0.595 bits per heavy atom. The van der Waals surface area contributed by atoms with Gasteiger partial charge >= 0.3 is 0 Å². The largest absolute Gasteiger partial charge is 0.311 e. The Bertz CT molecular complexity index is 3490. The van der Waals surface area contributed by atoms with Crippen molar-refractivity contribution in [2.24, 2.45) is 0 Å². The van der Waals surface area contributed by atoms with Gasteiger partial charge in [0.15, 0.2) is 0 Å². The number of benzene rings is 9. The van der Waals surface area contributed by atoms with E-state index < -0.39 is 0 Å². The molecule has 0 saturated carbocycles. The van der Waals surface area contributed by atoms with Gasteiger partial charge < -0.3 is 9.80 Å². The monoisotopic (exact) mass is 957 g/mol. The Hall–Kier alpha value is -7.29. The Morgan fingerprint density at radius 1 is 0.284 bits per heavy atom. The third-order valence-corrected chi connectivity index (χ3v) is 16.8. The molecule has 0 atom stereocenters. The highest BCUT2D eigenvalue weighted by atomic mass is 15.2. The highest BCUT2D eigenvalue weighted by Crippen LogP contribution is 2.52. The first-order chi connectivity index (χ1) is 35.3. The SMILES string of the molecule is CC(C)(C)c1ccc(-c2ccc(N3c4cccc5c4B(c4ccccc4-5)c4c3c(C(C)(C)C)c3c(c4C(C)(C)C)N(c4ccc(-c5ccc(C(C)(C)C)cc5)cc4)c4cccc5c4B3c3ccccc3-5)cc2)cc1. The molecule has 362 valence electrons. The predicted molar refractivity (Wildman–Crippen MR) is 322 cm³/mol. The molecule has 9 aromatic rings. The molecule has 0 fully saturated rings. The molecule has 0 N–H and O–H groups in total. The molecule has 4 aliphatic heterocycles. The van der Waals surface area contributed by atoms with Gasteiger partial charge in [-0.1, -0.05) is 240 Å². The molecule has 0 radical (unpaired) electrons. The summed E-state index contributed by atoms with van der Waals surface area (Å²) < 4.78 is 0. The summed E-state index contributed by atoms with van der Waals surface area (Å²) in [7, 11) is 0. The van der Waals surface area contributed by atoms with Crippen LogP contribution in [-0.4, -0.2) is 13.4 Å². The smallest absolute Gasteiger partial charge is 0.248 e. The highest BCUT2D eigenvalue weighted by Gasteiger charge is 2.53. The van der Waals surface area contributed by atoms with Gasteiger partial charge in [-0.05, 0) is 147 Å². The van der Waals surface area contributed by atoms with Crippen molar-refractivity contribution in [1.29, 1.82) is 0 Å². The zero-order valence-corrected chi connectivity index (χ0v) is 45.4. The number of rotatable bonds is 4. The molecule has 13 rings (SSSR count). The minimum atomic E-state index is -0.288. The molecule has 0 spiro atoms. The average Bonchev–Trinajstić information content (AvgIpc) is 3.92. The van der Waals surface area contributed by atoms with E-state index in [-0.39, 0.29) is 35.1 Å². The molecular weight excluding hydrogens is 890 g/mol. The van der Waals surface area contributed by atoms with Crippen LogP contribution < -0.4 is 42.6 Å². The topological polar surface area (TPSA) is 6.48 Å². The lowest BCUT2D eigenvalue weighted by Gasteiger charge is -2.49. The van der Waals surface area contributed by atoms with Crippen LogP contribution in [0.2, 0.25) is 0 Å². The van der Waals surface area contributed by atoms with Crippen molar-refractivity contribution in [2.75, 3.05) is 9.80 Å². The summed E-state index contributed by atoms with van der Waals surface area (Å²) in [6.45, 7) is 28.7. The second-order valence-corrected chi connectivity index (χ2v) is 25.7. The van der Waals surface area contributed by atoms with Gasteiger partial charge in [0.25, 0.3) is 0 Å². The van der Waals surface area contributed by atoms with Crippen molar-refractivity contribution in [2.45, 2.75) is 105 Å². The van der Waals surface area contributed by atoms with Gasteiger partial charge in [0.05, 0.1) is 0 Å². The van der Waals surface area contributed by atoms with Gasteiger partial charge in [-0.25, -0.2) is 0 Å². The number of hydrogen-bond acceptors (Lipinski definition) is 2. The second-order valence-electron chi connectivity index (χ2n) is 25.7. The third kappa shape index (κ3) is 6.93. The summed E-state index contributed by atoms with van der Waals surface area (Å²) in [5.74, 6) is 0. The fourth-order valence-corrected chi connectivity index (χ4v) is 13.5. The van der Waals surface area contributed by atoms with Gasteiger partial charge in [-0.15, -0.1) is 0 Å². The molecule has 0 bridgehead atoms. The Kier molecular flexibility index (Phi) is 10.1. The van der Waals surface area contributed by atoms with Gasteiger partial charge in [0.2, 0.25) is 13.4 Å². The molecule has 74 heavy (non-hydrogen) atoms. The minimum absolute atomic E-state index is 0.0359. The van der Waals surface area contributed by atoms with E-state index in [4.69, 9.17) is 0 Å². The third-order valence-electron chi connectivity index (χ3n) is 16.8. The van der Waals surface area contributed by atoms with Gasteiger partial charge in [0, 0.05) is 34.1 Å². The number of anilines is 6. The van der Waals surface area contributed by atoms with Crippen LogP contribution in [0.15, 0.2) is 182 Å². The lowest BCUT2D eigenvalue weighted by Crippen LogP contribution is -2.63. The molecule has 0 unspecified atom stereocenters. The maximum atomic E-state index is 2.70. The van der Waals surface area contributed by atoms with Gasteiger partial charge in [-0.2, -0.15) is 0 Å². The molecule has 9 aromatic carbocycles. The van der Waals surface area contributed by atoms with Crippen molar-refractivity contribution in [1.82, 2.24) is 0 Å². The normalized spacial score (nSPS) is 14.1. The van der Waals surface area contributed by atoms with Crippen molar-refractivity contribution >= 4 is 80.3 Å². The van der Waals surface area contributed by atoms with Gasteiger partial charge in [-0.3, -0.25) is 0 Å². The minimum Gasteiger partial charge on any atom is -0.311 e. The second kappa shape index (κ2) is 16.1. The molecule has 0 aliphatic carbocycles. The summed E-state index contributed by atoms with van der Waals surface area (Å²) in [4.78, 5) is 5.40. The van der Waals surface area contributed by atoms with Crippen molar-refractivity contribution < 1.29 is 0 Å². The van der Waals surface area contributed by atoms with Crippen LogP contribution in [0.1, 0.15) is 105 Å². The average molecular weight is 957 g/mol. The first-order valence-corrected chi connectivity index (χ1v) is 27.0. The molecular formula is C70H66B2N2. The maximum Gasteiger partial charge on any atom is 0.248 e. The molecule has 4 heterocycles. The Labute approximate surface area is 441 Å². The first-order valence-electron chi connectivity index (χ1n) is 27.0. The van der Waals surface area contributed by atoms with Crippen LogP contribution in [0.3, 0.4) is 0 Å².